The highest BCUT2D eigenvalue weighted by molar-refractivity contribution is 6.30. The van der Waals surface area contributed by atoms with Crippen molar-refractivity contribution < 1.29 is 0 Å². The topological polar surface area (TPSA) is 12.0 Å². The third-order valence-electron chi connectivity index (χ3n) is 3.44. The molecule has 1 aromatic rings. The second-order valence-electron chi connectivity index (χ2n) is 6.57. The molecule has 1 aromatic carbocycles. The van der Waals surface area contributed by atoms with E-state index >= 15 is 0 Å². The average molecular weight is 268 g/mol. The van der Waals surface area contributed by atoms with Crippen LogP contribution in [0.3, 0.4) is 0 Å². The minimum Gasteiger partial charge on any atom is -0.312 e. The van der Waals surface area contributed by atoms with E-state index in [-0.39, 0.29) is 5.54 Å². The molecule has 0 saturated carbocycles. The molecule has 1 atom stereocenters. The van der Waals surface area contributed by atoms with Gasteiger partial charge in [0.25, 0.3) is 0 Å². The number of halogens is 1. The quantitative estimate of drug-likeness (QED) is 0.816. The smallest absolute Gasteiger partial charge is 0.0406 e. The van der Waals surface area contributed by atoms with Gasteiger partial charge in [-0.15, -0.1) is 0 Å². The zero-order valence-electron chi connectivity index (χ0n) is 12.3. The van der Waals surface area contributed by atoms with E-state index in [2.05, 4.69) is 52.1 Å². The maximum Gasteiger partial charge on any atom is 0.0406 e. The molecule has 0 amide bonds. The molecule has 0 aliphatic carbocycles. The molecule has 18 heavy (non-hydrogen) atoms. The van der Waals surface area contributed by atoms with Gasteiger partial charge in [-0.25, -0.2) is 0 Å². The highest BCUT2D eigenvalue weighted by Crippen LogP contribution is 2.27. The van der Waals surface area contributed by atoms with Crippen LogP contribution in [0, 0.1) is 5.41 Å². The lowest BCUT2D eigenvalue weighted by Crippen LogP contribution is -2.43. The van der Waals surface area contributed by atoms with Gasteiger partial charge in [-0.1, -0.05) is 37.6 Å². The third kappa shape index (κ3) is 5.41. The summed E-state index contributed by atoms with van der Waals surface area (Å²) in [6.07, 6.45) is 2.25. The van der Waals surface area contributed by atoms with Gasteiger partial charge in [0.1, 0.15) is 0 Å². The molecular weight excluding hydrogens is 242 g/mol. The van der Waals surface area contributed by atoms with Gasteiger partial charge in [0.05, 0.1) is 0 Å². The monoisotopic (exact) mass is 267 g/mol. The van der Waals surface area contributed by atoms with Crippen molar-refractivity contribution in [2.75, 3.05) is 6.54 Å². The van der Waals surface area contributed by atoms with Gasteiger partial charge in [-0.05, 0) is 56.7 Å². The Morgan fingerprint density at radius 2 is 1.61 bits per heavy atom. The van der Waals surface area contributed by atoms with Crippen molar-refractivity contribution in [3.8, 4) is 0 Å². The Labute approximate surface area is 117 Å². The highest BCUT2D eigenvalue weighted by atomic mass is 35.5. The van der Waals surface area contributed by atoms with Crippen LogP contribution in [0.5, 0.6) is 0 Å². The molecule has 0 fully saturated rings. The van der Waals surface area contributed by atoms with Crippen LogP contribution >= 0.6 is 11.6 Å². The Morgan fingerprint density at radius 1 is 1.06 bits per heavy atom. The van der Waals surface area contributed by atoms with E-state index < -0.39 is 0 Å². The molecule has 1 unspecified atom stereocenters. The van der Waals surface area contributed by atoms with Crippen LogP contribution in [0.25, 0.3) is 0 Å². The Hall–Kier alpha value is -0.530. The standard InChI is InChI=1S/C16H26ClN/c1-6-16(5,12-18-15(2,3)4)11-13-7-9-14(17)10-8-13/h7-10,18H,6,11-12H2,1-5H3. The normalized spacial score (nSPS) is 15.4. The number of benzene rings is 1. The van der Waals surface area contributed by atoms with E-state index in [1.165, 1.54) is 12.0 Å². The van der Waals surface area contributed by atoms with Gasteiger partial charge < -0.3 is 5.32 Å². The molecule has 2 heteroatoms. The number of nitrogens with one attached hydrogen (secondary N) is 1. The van der Waals surface area contributed by atoms with E-state index in [9.17, 15) is 0 Å². The van der Waals surface area contributed by atoms with Gasteiger partial charge in [-0.2, -0.15) is 0 Å². The molecule has 1 rings (SSSR count). The van der Waals surface area contributed by atoms with E-state index in [0.29, 0.717) is 5.41 Å². The van der Waals surface area contributed by atoms with Crippen molar-refractivity contribution in [2.24, 2.45) is 5.41 Å². The molecule has 1 nitrogen and oxygen atoms in total. The van der Waals surface area contributed by atoms with Gasteiger partial charge in [0.15, 0.2) is 0 Å². The van der Waals surface area contributed by atoms with Crippen molar-refractivity contribution >= 4 is 11.6 Å². The summed E-state index contributed by atoms with van der Waals surface area (Å²) in [6.45, 7) is 12.3. The van der Waals surface area contributed by atoms with Crippen molar-refractivity contribution in [1.82, 2.24) is 5.32 Å². The summed E-state index contributed by atoms with van der Waals surface area (Å²) in [5.74, 6) is 0. The second kappa shape index (κ2) is 6.08. The van der Waals surface area contributed by atoms with Crippen LogP contribution in [-0.4, -0.2) is 12.1 Å². The van der Waals surface area contributed by atoms with Crippen molar-refractivity contribution in [3.05, 3.63) is 34.9 Å². The Kier molecular flexibility index (Phi) is 5.24. The fourth-order valence-electron chi connectivity index (χ4n) is 1.89. The molecule has 0 radical (unpaired) electrons. The largest absolute Gasteiger partial charge is 0.312 e. The van der Waals surface area contributed by atoms with Crippen LogP contribution < -0.4 is 5.32 Å². The fraction of sp³-hybridized carbons (Fsp3) is 0.625. The second-order valence-corrected chi connectivity index (χ2v) is 7.01. The van der Waals surface area contributed by atoms with Crippen LogP contribution in [-0.2, 0) is 6.42 Å². The maximum absolute atomic E-state index is 5.93. The minimum absolute atomic E-state index is 0.177. The summed E-state index contributed by atoms with van der Waals surface area (Å²) in [4.78, 5) is 0. The van der Waals surface area contributed by atoms with E-state index in [0.717, 1.165) is 18.0 Å². The van der Waals surface area contributed by atoms with Crippen molar-refractivity contribution in [1.29, 1.82) is 0 Å². The van der Waals surface area contributed by atoms with E-state index in [1.807, 2.05) is 12.1 Å². The molecule has 0 aromatic heterocycles. The SMILES string of the molecule is CCC(C)(CNC(C)(C)C)Cc1ccc(Cl)cc1. The first kappa shape index (κ1) is 15.5. The van der Waals surface area contributed by atoms with Gasteiger partial charge >= 0.3 is 0 Å². The molecule has 0 spiro atoms. The predicted octanol–water partition coefficient (Wildman–Crippen LogP) is 4.69. The summed E-state index contributed by atoms with van der Waals surface area (Å²) < 4.78 is 0. The average Bonchev–Trinajstić information content (AvgIpc) is 2.29. The van der Waals surface area contributed by atoms with Gasteiger partial charge in [0.2, 0.25) is 0 Å². The third-order valence-corrected chi connectivity index (χ3v) is 3.70. The zero-order valence-corrected chi connectivity index (χ0v) is 13.1. The zero-order chi connectivity index (χ0) is 13.8. The van der Waals surface area contributed by atoms with E-state index in [1.54, 1.807) is 0 Å². The molecule has 102 valence electrons. The Morgan fingerprint density at radius 3 is 2.06 bits per heavy atom. The van der Waals surface area contributed by atoms with E-state index in [4.69, 9.17) is 11.6 Å². The number of rotatable bonds is 5. The van der Waals surface area contributed by atoms with Crippen LogP contribution in [0.1, 0.15) is 46.6 Å². The first-order valence-corrected chi connectivity index (χ1v) is 7.11. The summed E-state index contributed by atoms with van der Waals surface area (Å²) in [6, 6.07) is 8.22. The lowest BCUT2D eigenvalue weighted by Gasteiger charge is -2.33. The Balaban J connectivity index is 2.67. The first-order valence-electron chi connectivity index (χ1n) is 6.74. The number of hydrogen-bond donors (Lipinski definition) is 1. The Bertz CT molecular complexity index is 364. The van der Waals surface area contributed by atoms with Crippen molar-refractivity contribution in [2.45, 2.75) is 53.0 Å². The molecule has 0 aliphatic heterocycles. The highest BCUT2D eigenvalue weighted by Gasteiger charge is 2.24. The lowest BCUT2D eigenvalue weighted by atomic mass is 9.80. The number of hydrogen-bond acceptors (Lipinski definition) is 1. The summed E-state index contributed by atoms with van der Waals surface area (Å²) in [7, 11) is 0. The molecular formula is C16H26ClN. The predicted molar refractivity (Wildman–Crippen MR) is 81.3 cm³/mol. The molecule has 0 saturated heterocycles. The van der Waals surface area contributed by atoms with Gasteiger partial charge in [-0.3, -0.25) is 0 Å². The minimum atomic E-state index is 0.177. The van der Waals surface area contributed by atoms with Crippen LogP contribution in [0.15, 0.2) is 24.3 Å². The first-order chi connectivity index (χ1) is 8.24. The molecule has 1 N–H and O–H groups in total. The van der Waals surface area contributed by atoms with Crippen molar-refractivity contribution in [3.63, 3.8) is 0 Å². The fourth-order valence-corrected chi connectivity index (χ4v) is 2.01. The lowest BCUT2D eigenvalue weighted by molar-refractivity contribution is 0.255. The molecule has 0 bridgehead atoms. The maximum atomic E-state index is 5.93. The summed E-state index contributed by atoms with van der Waals surface area (Å²) >= 11 is 5.93. The van der Waals surface area contributed by atoms with Crippen LogP contribution in [0.2, 0.25) is 5.02 Å². The summed E-state index contributed by atoms with van der Waals surface area (Å²) in [5, 5.41) is 4.43. The van der Waals surface area contributed by atoms with Crippen LogP contribution in [0.4, 0.5) is 0 Å². The molecule has 0 heterocycles. The summed E-state index contributed by atoms with van der Waals surface area (Å²) in [5.41, 5.74) is 1.83. The molecule has 0 aliphatic rings. The van der Waals surface area contributed by atoms with Gasteiger partial charge in [0, 0.05) is 17.1 Å².